The molecule has 52 valence electrons. The van der Waals surface area contributed by atoms with E-state index in [9.17, 15) is 0 Å². The summed E-state index contributed by atoms with van der Waals surface area (Å²) in [5, 5.41) is 0. The summed E-state index contributed by atoms with van der Waals surface area (Å²) in [6.45, 7) is 3.24. The number of rotatable bonds is 0. The molecule has 1 rings (SSSR count). The Morgan fingerprint density at radius 2 is 2.11 bits per heavy atom. The topological polar surface area (TPSA) is 3.24 Å². The van der Waals surface area contributed by atoms with Crippen LogP contribution in [0.2, 0.25) is 0 Å². The molecule has 0 aromatic carbocycles. The van der Waals surface area contributed by atoms with Crippen molar-refractivity contribution in [1.29, 1.82) is 0 Å². The van der Waals surface area contributed by atoms with Gasteiger partial charge in [-0.3, -0.25) is 0 Å². The van der Waals surface area contributed by atoms with Crippen LogP contribution in [0.5, 0.6) is 0 Å². The second-order valence-corrected chi connectivity index (χ2v) is 2.90. The summed E-state index contributed by atoms with van der Waals surface area (Å²) < 4.78 is 1.91. The zero-order chi connectivity index (χ0) is 5.98. The Morgan fingerprint density at radius 3 is 2.44 bits per heavy atom. The van der Waals surface area contributed by atoms with Crippen LogP contribution in [0.15, 0.2) is 0 Å². The van der Waals surface area contributed by atoms with Crippen molar-refractivity contribution < 1.29 is 0 Å². The third-order valence-electron chi connectivity index (χ3n) is 1.72. The van der Waals surface area contributed by atoms with Gasteiger partial charge < -0.3 is 0 Å². The smallest absolute Gasteiger partial charge is 0.217 e. The molecule has 0 aromatic heterocycles. The quantitative estimate of drug-likeness (QED) is 0.378. The molecule has 1 nitrogen and oxygen atoms in total. The summed E-state index contributed by atoms with van der Waals surface area (Å²) in [6.07, 6.45) is 3.89. The molecule has 0 saturated carbocycles. The van der Waals surface area contributed by atoms with E-state index >= 15 is 0 Å². The number of piperidine rings is 1. The van der Waals surface area contributed by atoms with Crippen molar-refractivity contribution in [3.05, 3.63) is 0 Å². The molecule has 1 fully saturated rings. The fraction of sp³-hybridized carbons (Fsp3) is 1.00. The van der Waals surface area contributed by atoms with Gasteiger partial charge in [0, 0.05) is 12.6 Å². The standard InChI is InChI=1S/C6H12ClN.Mg.2H/c1-6-4-2-3-5-8(6)7;;;/h6H,2-5H2,1H3;;;. The third kappa shape index (κ3) is 3.07. The molecule has 0 N–H and O–H groups in total. The SMILES string of the molecule is CC1CCCCN1Cl.[MgH2]. The van der Waals surface area contributed by atoms with Crippen molar-refractivity contribution in [1.82, 2.24) is 4.42 Å². The Kier molecular flexibility index (Phi) is 5.31. The summed E-state index contributed by atoms with van der Waals surface area (Å²) in [5.74, 6) is 0. The van der Waals surface area contributed by atoms with Gasteiger partial charge in [-0.15, -0.1) is 0 Å². The average molecular weight is 160 g/mol. The van der Waals surface area contributed by atoms with E-state index < -0.39 is 0 Å². The molecular formula is C6H14ClMgN. The molecule has 0 radical (unpaired) electrons. The second-order valence-electron chi connectivity index (χ2n) is 2.47. The maximum Gasteiger partial charge on any atom is 0.316 e. The normalized spacial score (nSPS) is 29.3. The first-order chi connectivity index (χ1) is 3.80. The third-order valence-corrected chi connectivity index (χ3v) is 2.22. The summed E-state index contributed by atoms with van der Waals surface area (Å²) in [6, 6.07) is 0.602. The lowest BCUT2D eigenvalue weighted by atomic mass is 10.1. The van der Waals surface area contributed by atoms with Crippen molar-refractivity contribution >= 4 is 34.8 Å². The second kappa shape index (κ2) is 4.77. The van der Waals surface area contributed by atoms with Crippen LogP contribution in [0.1, 0.15) is 26.2 Å². The first-order valence-electron chi connectivity index (χ1n) is 3.23. The molecule has 1 unspecified atom stereocenters. The predicted octanol–water partition coefficient (Wildman–Crippen LogP) is 1.10. The molecule has 1 atom stereocenters. The Morgan fingerprint density at radius 1 is 1.44 bits per heavy atom. The van der Waals surface area contributed by atoms with E-state index in [1.165, 1.54) is 19.3 Å². The Labute approximate surface area is 78.0 Å². The van der Waals surface area contributed by atoms with Gasteiger partial charge in [-0.1, -0.05) is 6.42 Å². The minimum atomic E-state index is 0. The summed E-state index contributed by atoms with van der Waals surface area (Å²) in [5.41, 5.74) is 0. The number of halogens is 1. The van der Waals surface area contributed by atoms with E-state index in [-0.39, 0.29) is 23.1 Å². The number of hydrogen-bond donors (Lipinski definition) is 0. The molecule has 0 aromatic rings. The molecule has 9 heavy (non-hydrogen) atoms. The lowest BCUT2D eigenvalue weighted by molar-refractivity contribution is 0.281. The molecule has 0 aliphatic carbocycles. The van der Waals surface area contributed by atoms with Crippen molar-refractivity contribution in [3.63, 3.8) is 0 Å². The average Bonchev–Trinajstić information content (AvgIpc) is 1.77. The lowest BCUT2D eigenvalue weighted by Gasteiger charge is -2.26. The highest BCUT2D eigenvalue weighted by Gasteiger charge is 2.14. The first kappa shape index (κ1) is 10.0. The van der Waals surface area contributed by atoms with Crippen molar-refractivity contribution in [3.8, 4) is 0 Å². The van der Waals surface area contributed by atoms with Gasteiger partial charge >= 0.3 is 23.1 Å². The molecular weight excluding hydrogens is 146 g/mol. The van der Waals surface area contributed by atoms with Gasteiger partial charge in [0.05, 0.1) is 0 Å². The minimum Gasteiger partial charge on any atom is -0.217 e. The van der Waals surface area contributed by atoms with Crippen LogP contribution in [0.3, 0.4) is 0 Å². The predicted molar refractivity (Wildman–Crippen MR) is 44.4 cm³/mol. The monoisotopic (exact) mass is 159 g/mol. The lowest BCUT2D eigenvalue weighted by Crippen LogP contribution is -2.29. The highest BCUT2D eigenvalue weighted by Crippen LogP contribution is 2.17. The summed E-state index contributed by atoms with van der Waals surface area (Å²) >= 11 is 5.80. The zero-order valence-electron chi connectivity index (χ0n) is 5.23. The van der Waals surface area contributed by atoms with Crippen LogP contribution in [-0.2, 0) is 0 Å². The van der Waals surface area contributed by atoms with Gasteiger partial charge in [0.25, 0.3) is 0 Å². The first-order valence-corrected chi connectivity index (χ1v) is 3.57. The molecule has 0 amide bonds. The van der Waals surface area contributed by atoms with Gasteiger partial charge in [-0.2, -0.15) is 0 Å². The Bertz CT molecular complexity index is 69.5. The van der Waals surface area contributed by atoms with Crippen LogP contribution in [0, 0.1) is 0 Å². The molecule has 1 aliphatic rings. The van der Waals surface area contributed by atoms with Crippen LogP contribution < -0.4 is 0 Å². The Hall–Kier alpha value is 1.02. The van der Waals surface area contributed by atoms with Crippen molar-refractivity contribution in [2.75, 3.05) is 6.54 Å². The maximum atomic E-state index is 5.80. The van der Waals surface area contributed by atoms with Crippen LogP contribution >= 0.6 is 11.8 Å². The molecule has 1 aliphatic heterocycles. The van der Waals surface area contributed by atoms with E-state index in [0.29, 0.717) is 6.04 Å². The van der Waals surface area contributed by atoms with Gasteiger partial charge in [0.15, 0.2) is 0 Å². The molecule has 1 heterocycles. The zero-order valence-corrected chi connectivity index (χ0v) is 5.99. The summed E-state index contributed by atoms with van der Waals surface area (Å²) in [4.78, 5) is 0. The Balaban J connectivity index is 0.000000640. The molecule has 1 saturated heterocycles. The van der Waals surface area contributed by atoms with Gasteiger partial charge in [-0.05, 0) is 31.5 Å². The van der Waals surface area contributed by atoms with E-state index in [1.54, 1.807) is 0 Å². The molecule has 0 bridgehead atoms. The maximum absolute atomic E-state index is 5.80. The summed E-state index contributed by atoms with van der Waals surface area (Å²) in [7, 11) is 0. The van der Waals surface area contributed by atoms with E-state index in [2.05, 4.69) is 6.92 Å². The van der Waals surface area contributed by atoms with E-state index in [4.69, 9.17) is 11.8 Å². The van der Waals surface area contributed by atoms with Crippen LogP contribution in [0.25, 0.3) is 0 Å². The van der Waals surface area contributed by atoms with E-state index in [0.717, 1.165) is 6.54 Å². The van der Waals surface area contributed by atoms with Crippen molar-refractivity contribution in [2.24, 2.45) is 0 Å². The fourth-order valence-corrected chi connectivity index (χ4v) is 1.28. The largest absolute Gasteiger partial charge is 0.316 e. The molecule has 0 spiro atoms. The highest BCUT2D eigenvalue weighted by molar-refractivity contribution is 6.13. The van der Waals surface area contributed by atoms with Gasteiger partial charge in [-0.25, -0.2) is 4.42 Å². The minimum absolute atomic E-state index is 0. The highest BCUT2D eigenvalue weighted by atomic mass is 35.5. The van der Waals surface area contributed by atoms with Crippen LogP contribution in [0.4, 0.5) is 0 Å². The van der Waals surface area contributed by atoms with Crippen molar-refractivity contribution in [2.45, 2.75) is 32.2 Å². The molecule has 3 heteroatoms. The van der Waals surface area contributed by atoms with Gasteiger partial charge in [0.2, 0.25) is 0 Å². The van der Waals surface area contributed by atoms with E-state index in [1.807, 2.05) is 4.42 Å². The fourth-order valence-electron chi connectivity index (χ4n) is 1.06. The number of nitrogens with zero attached hydrogens (tertiary/aromatic N) is 1. The van der Waals surface area contributed by atoms with Gasteiger partial charge in [0.1, 0.15) is 0 Å². The number of hydrogen-bond acceptors (Lipinski definition) is 1. The van der Waals surface area contributed by atoms with Crippen LogP contribution in [-0.4, -0.2) is 40.1 Å².